The lowest BCUT2D eigenvalue weighted by atomic mass is 10.2. The van der Waals surface area contributed by atoms with Gasteiger partial charge in [0, 0.05) is 0 Å². The van der Waals surface area contributed by atoms with Gasteiger partial charge < -0.3 is 9.84 Å². The third kappa shape index (κ3) is 3.31. The third-order valence-electron chi connectivity index (χ3n) is 1.39. The summed E-state index contributed by atoms with van der Waals surface area (Å²) in [6.45, 7) is 0. The van der Waals surface area contributed by atoms with Crippen molar-refractivity contribution < 1.29 is 24.5 Å². The Bertz CT molecular complexity index is 238. The highest BCUT2D eigenvalue weighted by atomic mass is 16.7. The number of methoxy groups -OCH3 is 1. The molecule has 80 valence electrons. The molecule has 0 bridgehead atoms. The zero-order chi connectivity index (χ0) is 11.3. The predicted octanol–water partition coefficient (Wildman–Crippen LogP) is -1.21. The van der Waals surface area contributed by atoms with Gasteiger partial charge in [-0.05, 0) is 0 Å². The Morgan fingerprint density at radius 2 is 1.86 bits per heavy atom. The molecule has 0 aliphatic carbocycles. The number of rotatable bonds is 5. The Morgan fingerprint density at radius 1 is 1.43 bits per heavy atom. The van der Waals surface area contributed by atoms with Crippen LogP contribution in [0.25, 0.3) is 0 Å². The van der Waals surface area contributed by atoms with Crippen molar-refractivity contribution in [3.63, 3.8) is 0 Å². The van der Waals surface area contributed by atoms with Crippen LogP contribution >= 0.6 is 0 Å². The molecule has 9 nitrogen and oxygen atoms in total. The van der Waals surface area contributed by atoms with Crippen molar-refractivity contribution in [2.75, 3.05) is 7.11 Å². The molecule has 0 saturated heterocycles. The lowest BCUT2D eigenvalue weighted by Gasteiger charge is -2.06. The van der Waals surface area contributed by atoms with Crippen LogP contribution in [0.1, 0.15) is 6.42 Å². The van der Waals surface area contributed by atoms with E-state index in [9.17, 15) is 25.0 Å². The van der Waals surface area contributed by atoms with Crippen LogP contribution in [0, 0.1) is 20.2 Å². The molecule has 0 amide bonds. The molecular weight excluding hydrogens is 200 g/mol. The summed E-state index contributed by atoms with van der Waals surface area (Å²) >= 11 is 0. The Labute approximate surface area is 77.6 Å². The Kier molecular flexibility index (Phi) is 4.43. The van der Waals surface area contributed by atoms with Crippen LogP contribution in [-0.4, -0.2) is 40.3 Å². The lowest BCUT2D eigenvalue weighted by Crippen LogP contribution is -2.36. The summed E-state index contributed by atoms with van der Waals surface area (Å²) in [6, 6.07) is 0. The molecule has 1 atom stereocenters. The molecule has 0 aromatic heterocycles. The summed E-state index contributed by atoms with van der Waals surface area (Å²) in [5.41, 5.74) is 0. The Hall–Kier alpha value is -1.77. The quantitative estimate of drug-likeness (QED) is 0.259. The normalized spacial score (nSPS) is 12.2. The minimum atomic E-state index is -2.20. The number of nitrogens with zero attached hydrogens (tertiary/aromatic N) is 2. The SMILES string of the molecule is COC(=O)C(O)CC([N+](=O)[O-])[N+](=O)[O-]. The van der Waals surface area contributed by atoms with Gasteiger partial charge in [-0.25, -0.2) is 4.79 Å². The summed E-state index contributed by atoms with van der Waals surface area (Å²) in [6.07, 6.45) is -4.97. The average Bonchev–Trinajstić information content (AvgIpc) is 2.11. The number of hydrogen-bond acceptors (Lipinski definition) is 7. The number of ether oxygens (including phenoxy) is 1. The second kappa shape index (κ2) is 5.07. The van der Waals surface area contributed by atoms with E-state index in [2.05, 4.69) is 4.74 Å². The molecule has 0 rings (SSSR count). The number of esters is 1. The van der Waals surface area contributed by atoms with Crippen LogP contribution < -0.4 is 0 Å². The smallest absolute Gasteiger partial charge is 0.453 e. The summed E-state index contributed by atoms with van der Waals surface area (Å²) in [4.78, 5) is 28.4. The maximum Gasteiger partial charge on any atom is 0.453 e. The zero-order valence-corrected chi connectivity index (χ0v) is 7.15. The standard InChI is InChI=1S/C5H8N2O7/c1-14-5(9)3(8)2-4(6(10)11)7(12)13/h3-4,8H,2H2,1H3. The van der Waals surface area contributed by atoms with E-state index < -0.39 is 34.5 Å². The summed E-state index contributed by atoms with van der Waals surface area (Å²) in [5.74, 6) is -1.14. The second-order valence-corrected chi connectivity index (χ2v) is 2.33. The molecule has 0 heterocycles. The fourth-order valence-corrected chi connectivity index (χ4v) is 0.681. The number of hydrogen-bond donors (Lipinski definition) is 1. The van der Waals surface area contributed by atoms with Gasteiger partial charge in [-0.15, -0.1) is 0 Å². The minimum Gasteiger partial charge on any atom is -0.467 e. The van der Waals surface area contributed by atoms with E-state index in [-0.39, 0.29) is 0 Å². The van der Waals surface area contributed by atoms with Crippen LogP contribution in [-0.2, 0) is 9.53 Å². The molecule has 0 radical (unpaired) electrons. The highest BCUT2D eigenvalue weighted by molar-refractivity contribution is 5.74. The van der Waals surface area contributed by atoms with Gasteiger partial charge in [0.05, 0.1) is 17.0 Å². The number of nitro groups is 2. The van der Waals surface area contributed by atoms with Crippen LogP contribution in [0.4, 0.5) is 0 Å². The molecule has 0 aromatic carbocycles. The molecule has 0 fully saturated rings. The van der Waals surface area contributed by atoms with Crippen molar-refractivity contribution in [1.82, 2.24) is 0 Å². The number of carbonyl (C=O) groups is 1. The van der Waals surface area contributed by atoms with Crippen LogP contribution in [0.2, 0.25) is 0 Å². The fraction of sp³-hybridized carbons (Fsp3) is 0.800. The maximum absolute atomic E-state index is 10.6. The van der Waals surface area contributed by atoms with Gasteiger partial charge in [-0.3, -0.25) is 20.2 Å². The van der Waals surface area contributed by atoms with Crippen molar-refractivity contribution in [2.45, 2.75) is 18.7 Å². The molecule has 1 N–H and O–H groups in total. The van der Waals surface area contributed by atoms with E-state index in [0.717, 1.165) is 7.11 Å². The van der Waals surface area contributed by atoms with Gasteiger partial charge >= 0.3 is 12.1 Å². The first kappa shape index (κ1) is 12.2. The monoisotopic (exact) mass is 208 g/mol. The summed E-state index contributed by atoms with van der Waals surface area (Å²) in [5, 5.41) is 29.1. The highest BCUT2D eigenvalue weighted by Gasteiger charge is 2.37. The number of aliphatic hydroxyl groups excluding tert-OH is 1. The van der Waals surface area contributed by atoms with Crippen molar-refractivity contribution in [2.24, 2.45) is 0 Å². The largest absolute Gasteiger partial charge is 0.467 e. The predicted molar refractivity (Wildman–Crippen MR) is 40.4 cm³/mol. The molecule has 0 aromatic rings. The molecule has 0 spiro atoms. The van der Waals surface area contributed by atoms with Gasteiger partial charge in [0.1, 0.15) is 6.42 Å². The molecule has 0 aliphatic rings. The Morgan fingerprint density at radius 3 is 2.14 bits per heavy atom. The van der Waals surface area contributed by atoms with Crippen molar-refractivity contribution in [3.05, 3.63) is 20.2 Å². The summed E-state index contributed by atoms with van der Waals surface area (Å²) < 4.78 is 4.04. The van der Waals surface area contributed by atoms with E-state index >= 15 is 0 Å². The Balaban J connectivity index is 4.38. The van der Waals surface area contributed by atoms with Crippen LogP contribution in [0.3, 0.4) is 0 Å². The van der Waals surface area contributed by atoms with Gasteiger partial charge in [0.2, 0.25) is 0 Å². The fourth-order valence-electron chi connectivity index (χ4n) is 0.681. The van der Waals surface area contributed by atoms with Crippen molar-refractivity contribution in [1.29, 1.82) is 0 Å². The second-order valence-electron chi connectivity index (χ2n) is 2.33. The molecule has 14 heavy (non-hydrogen) atoms. The van der Waals surface area contributed by atoms with E-state index in [1.165, 1.54) is 0 Å². The molecular formula is C5H8N2O7. The summed E-state index contributed by atoms with van der Waals surface area (Å²) in [7, 11) is 0.957. The van der Waals surface area contributed by atoms with E-state index in [1.807, 2.05) is 0 Å². The van der Waals surface area contributed by atoms with Gasteiger partial charge in [-0.1, -0.05) is 0 Å². The van der Waals surface area contributed by atoms with Gasteiger partial charge in [0.15, 0.2) is 6.10 Å². The first-order valence-electron chi connectivity index (χ1n) is 3.43. The first-order valence-corrected chi connectivity index (χ1v) is 3.43. The van der Waals surface area contributed by atoms with Crippen LogP contribution in [0.15, 0.2) is 0 Å². The minimum absolute atomic E-state index is 0.910. The molecule has 1 unspecified atom stereocenters. The third-order valence-corrected chi connectivity index (χ3v) is 1.39. The topological polar surface area (TPSA) is 133 Å². The average molecular weight is 208 g/mol. The van der Waals surface area contributed by atoms with E-state index in [0.29, 0.717) is 0 Å². The van der Waals surface area contributed by atoms with E-state index in [4.69, 9.17) is 5.11 Å². The zero-order valence-electron chi connectivity index (χ0n) is 7.15. The maximum atomic E-state index is 10.6. The van der Waals surface area contributed by atoms with Crippen LogP contribution in [0.5, 0.6) is 0 Å². The van der Waals surface area contributed by atoms with Crippen molar-refractivity contribution in [3.8, 4) is 0 Å². The molecule has 9 heteroatoms. The number of aliphatic hydroxyl groups is 1. The lowest BCUT2D eigenvalue weighted by molar-refractivity contribution is -0.743. The van der Waals surface area contributed by atoms with Crippen molar-refractivity contribution >= 4 is 5.97 Å². The highest BCUT2D eigenvalue weighted by Crippen LogP contribution is 2.04. The molecule has 0 aliphatic heterocycles. The van der Waals surface area contributed by atoms with E-state index in [1.54, 1.807) is 0 Å². The van der Waals surface area contributed by atoms with Gasteiger partial charge in [0.25, 0.3) is 0 Å². The number of carbonyl (C=O) groups excluding carboxylic acids is 1. The molecule has 0 saturated carbocycles. The van der Waals surface area contributed by atoms with Gasteiger partial charge in [-0.2, -0.15) is 0 Å². The first-order chi connectivity index (χ1) is 6.40.